The first-order valence-electron chi connectivity index (χ1n) is 3.27. The van der Waals surface area contributed by atoms with Gasteiger partial charge >= 0.3 is 0 Å². The molecule has 0 bridgehead atoms. The molecule has 0 aromatic rings. The molecule has 0 radical (unpaired) electrons. The first-order chi connectivity index (χ1) is 4.27. The molecule has 0 saturated carbocycles. The van der Waals surface area contributed by atoms with E-state index in [9.17, 15) is 0 Å². The zero-order valence-electron chi connectivity index (χ0n) is 6.86. The van der Waals surface area contributed by atoms with E-state index < -0.39 is 0 Å². The van der Waals surface area contributed by atoms with E-state index in [0.717, 1.165) is 0 Å². The van der Waals surface area contributed by atoms with E-state index in [2.05, 4.69) is 11.9 Å². The van der Waals surface area contributed by atoms with Gasteiger partial charge in [-0.15, -0.1) is 0 Å². The van der Waals surface area contributed by atoms with Crippen molar-refractivity contribution in [1.82, 2.24) is 5.32 Å². The molecule has 0 saturated heterocycles. The highest BCUT2D eigenvalue weighted by Gasteiger charge is 1.67. The van der Waals surface area contributed by atoms with Crippen molar-refractivity contribution in [1.29, 1.82) is 0 Å². The Morgan fingerprint density at radius 1 is 1.44 bits per heavy atom. The highest BCUT2D eigenvalue weighted by molar-refractivity contribution is 4.93. The van der Waals surface area contributed by atoms with Crippen molar-refractivity contribution in [3.8, 4) is 0 Å². The molecule has 0 aliphatic carbocycles. The molecule has 9 heavy (non-hydrogen) atoms. The van der Waals surface area contributed by atoms with Gasteiger partial charge in [-0.1, -0.05) is 26.0 Å². The van der Waals surface area contributed by atoms with Crippen LogP contribution in [0.2, 0.25) is 0 Å². The molecular formula is C8H19N. The lowest BCUT2D eigenvalue weighted by Gasteiger charge is -1.86. The van der Waals surface area contributed by atoms with Crippen molar-refractivity contribution in [2.45, 2.75) is 27.7 Å². The van der Waals surface area contributed by atoms with Crippen LogP contribution < -0.4 is 5.32 Å². The lowest BCUT2D eigenvalue weighted by atomic mass is 10.4. The van der Waals surface area contributed by atoms with E-state index in [1.807, 2.05) is 33.9 Å². The van der Waals surface area contributed by atoms with E-state index >= 15 is 0 Å². The van der Waals surface area contributed by atoms with E-state index in [0.29, 0.717) is 0 Å². The molecule has 0 aliphatic heterocycles. The van der Waals surface area contributed by atoms with Crippen LogP contribution in [0.15, 0.2) is 24.6 Å². The van der Waals surface area contributed by atoms with Crippen LogP contribution in [0.3, 0.4) is 0 Å². The van der Waals surface area contributed by atoms with E-state index in [1.54, 1.807) is 6.20 Å². The van der Waals surface area contributed by atoms with Crippen LogP contribution in [0, 0.1) is 0 Å². The Labute approximate surface area is 60.0 Å². The molecule has 0 fully saturated rings. The quantitative estimate of drug-likeness (QED) is 0.604. The Kier molecular flexibility index (Phi) is 12.7. The molecule has 0 aromatic heterocycles. The topological polar surface area (TPSA) is 12.0 Å². The van der Waals surface area contributed by atoms with Crippen molar-refractivity contribution in [2.24, 2.45) is 0 Å². The maximum absolute atomic E-state index is 3.48. The third-order valence-corrected chi connectivity index (χ3v) is 0.490. The molecule has 0 aliphatic rings. The van der Waals surface area contributed by atoms with Gasteiger partial charge in [0.05, 0.1) is 0 Å². The van der Waals surface area contributed by atoms with Gasteiger partial charge in [0, 0.05) is 1.43 Å². The summed E-state index contributed by atoms with van der Waals surface area (Å²) in [5.41, 5.74) is 1.25. The number of allylic oxidation sites excluding steroid dienone is 1. The van der Waals surface area contributed by atoms with Crippen LogP contribution in [0.25, 0.3) is 0 Å². The van der Waals surface area contributed by atoms with Gasteiger partial charge in [0.25, 0.3) is 0 Å². The molecule has 0 heterocycles. The van der Waals surface area contributed by atoms with Crippen LogP contribution in [-0.4, -0.2) is 0 Å². The standard InChI is InChI=1S/C6H11N.C2H6.H2/c1-4-7-5-6(2)3;1-2;/h4-5,7H,1H2,2-3H3;1-2H3;1H. The summed E-state index contributed by atoms with van der Waals surface area (Å²) < 4.78 is 0. The Hall–Kier alpha value is -0.720. The summed E-state index contributed by atoms with van der Waals surface area (Å²) in [6.45, 7) is 11.5. The Morgan fingerprint density at radius 2 is 1.89 bits per heavy atom. The lowest BCUT2D eigenvalue weighted by Crippen LogP contribution is -1.89. The van der Waals surface area contributed by atoms with Crippen molar-refractivity contribution in [3.63, 3.8) is 0 Å². The summed E-state index contributed by atoms with van der Waals surface area (Å²) in [5, 5.41) is 2.85. The number of nitrogens with one attached hydrogen (secondary N) is 1. The van der Waals surface area contributed by atoms with Gasteiger partial charge in [-0.25, -0.2) is 0 Å². The minimum atomic E-state index is 0. The molecule has 0 atom stereocenters. The highest BCUT2D eigenvalue weighted by atomic mass is 14.8. The molecule has 0 rings (SSSR count). The van der Waals surface area contributed by atoms with Crippen molar-refractivity contribution in [2.75, 3.05) is 0 Å². The van der Waals surface area contributed by atoms with E-state index in [4.69, 9.17) is 0 Å². The van der Waals surface area contributed by atoms with E-state index in [1.165, 1.54) is 5.57 Å². The van der Waals surface area contributed by atoms with Gasteiger partial charge in [0.1, 0.15) is 0 Å². The van der Waals surface area contributed by atoms with Crippen molar-refractivity contribution < 1.29 is 1.43 Å². The smallest absolute Gasteiger partial charge is 0 e. The summed E-state index contributed by atoms with van der Waals surface area (Å²) >= 11 is 0. The fourth-order valence-corrected chi connectivity index (χ4v) is 0.226. The lowest BCUT2D eigenvalue weighted by molar-refractivity contribution is 1.15. The number of hydrogen-bond donors (Lipinski definition) is 1. The molecule has 56 valence electrons. The molecule has 0 aromatic carbocycles. The second kappa shape index (κ2) is 10.3. The third-order valence-electron chi connectivity index (χ3n) is 0.490. The minimum absolute atomic E-state index is 0. The van der Waals surface area contributed by atoms with Gasteiger partial charge in [-0.2, -0.15) is 0 Å². The van der Waals surface area contributed by atoms with Gasteiger partial charge in [0.15, 0.2) is 0 Å². The normalized spacial score (nSPS) is 6.22. The van der Waals surface area contributed by atoms with Gasteiger partial charge in [0.2, 0.25) is 0 Å². The summed E-state index contributed by atoms with van der Waals surface area (Å²) in [5.74, 6) is 0. The Morgan fingerprint density at radius 3 is 2.00 bits per heavy atom. The van der Waals surface area contributed by atoms with Gasteiger partial charge in [-0.05, 0) is 26.2 Å². The molecule has 1 heteroatoms. The second-order valence-electron chi connectivity index (χ2n) is 1.59. The first kappa shape index (κ1) is 11.1. The monoisotopic (exact) mass is 129 g/mol. The van der Waals surface area contributed by atoms with Crippen molar-refractivity contribution in [3.05, 3.63) is 24.6 Å². The van der Waals surface area contributed by atoms with Crippen LogP contribution in [0.1, 0.15) is 29.1 Å². The van der Waals surface area contributed by atoms with E-state index in [-0.39, 0.29) is 1.43 Å². The molecular weight excluding hydrogens is 110 g/mol. The highest BCUT2D eigenvalue weighted by Crippen LogP contribution is 1.81. The zero-order valence-corrected chi connectivity index (χ0v) is 6.86. The van der Waals surface area contributed by atoms with Gasteiger partial charge in [-0.3, -0.25) is 0 Å². The Bertz CT molecular complexity index is 83.3. The van der Waals surface area contributed by atoms with Crippen molar-refractivity contribution >= 4 is 0 Å². The number of hydrogen-bond acceptors (Lipinski definition) is 1. The third kappa shape index (κ3) is 18.9. The average Bonchev–Trinajstić information content (AvgIpc) is 1.88. The molecule has 0 spiro atoms. The fourth-order valence-electron chi connectivity index (χ4n) is 0.226. The predicted molar refractivity (Wildman–Crippen MR) is 46.2 cm³/mol. The first-order valence-corrected chi connectivity index (χ1v) is 3.27. The van der Waals surface area contributed by atoms with Crippen LogP contribution in [-0.2, 0) is 0 Å². The van der Waals surface area contributed by atoms with Crippen LogP contribution in [0.4, 0.5) is 0 Å². The Balaban J connectivity index is -0.000000149. The van der Waals surface area contributed by atoms with Crippen LogP contribution in [0.5, 0.6) is 0 Å². The fraction of sp³-hybridized carbons (Fsp3) is 0.500. The molecule has 0 unspecified atom stereocenters. The predicted octanol–water partition coefficient (Wildman–Crippen LogP) is 2.92. The summed E-state index contributed by atoms with van der Waals surface area (Å²) in [6, 6.07) is 0. The van der Waals surface area contributed by atoms with Gasteiger partial charge < -0.3 is 5.32 Å². The molecule has 1 nitrogen and oxygen atoms in total. The maximum atomic E-state index is 3.48. The second-order valence-corrected chi connectivity index (χ2v) is 1.59. The largest absolute Gasteiger partial charge is 0.368 e. The van der Waals surface area contributed by atoms with Crippen LogP contribution >= 0.6 is 0 Å². The summed E-state index contributed by atoms with van der Waals surface area (Å²) in [6.07, 6.45) is 3.54. The molecule has 1 N–H and O–H groups in total. The minimum Gasteiger partial charge on any atom is -0.368 e. The summed E-state index contributed by atoms with van der Waals surface area (Å²) in [4.78, 5) is 0. The SMILES string of the molecule is C=CNC=C(C)C.CC.[HH]. The summed E-state index contributed by atoms with van der Waals surface area (Å²) in [7, 11) is 0. The maximum Gasteiger partial charge on any atom is 0 e. The number of rotatable bonds is 2. The molecule has 0 amide bonds. The zero-order chi connectivity index (χ0) is 7.70. The average molecular weight is 129 g/mol.